The molecule has 1 heterocycles. The molecule has 0 radical (unpaired) electrons. The van der Waals surface area contributed by atoms with Gasteiger partial charge in [-0.3, -0.25) is 15.0 Å². The summed E-state index contributed by atoms with van der Waals surface area (Å²) < 4.78 is 11.1. The Bertz CT molecular complexity index is 942. The number of hydrogen-bond acceptors (Lipinski definition) is 4. The lowest BCUT2D eigenvalue weighted by Gasteiger charge is -2.14. The van der Waals surface area contributed by atoms with E-state index in [1.807, 2.05) is 13.8 Å². The number of amides is 2. The highest BCUT2D eigenvalue weighted by Gasteiger charge is 2.34. The van der Waals surface area contributed by atoms with Crippen molar-refractivity contribution < 1.29 is 19.1 Å². The third-order valence-corrected chi connectivity index (χ3v) is 4.44. The Labute approximate surface area is 172 Å². The average molecular weight is 421 g/mol. The Hall–Kier alpha value is -2.70. The zero-order valence-electron chi connectivity index (χ0n) is 15.3. The molecule has 0 saturated carbocycles. The van der Waals surface area contributed by atoms with E-state index in [1.165, 1.54) is 11.1 Å². The van der Waals surface area contributed by atoms with Crippen LogP contribution in [0.15, 0.2) is 42.0 Å². The van der Waals surface area contributed by atoms with Gasteiger partial charge in [0.15, 0.2) is 11.5 Å². The monoisotopic (exact) mass is 420 g/mol. The van der Waals surface area contributed by atoms with Gasteiger partial charge in [-0.05, 0) is 61.9 Å². The number of nitrogens with zero attached hydrogens (tertiary/aromatic N) is 1. The molecule has 0 aliphatic carbocycles. The van der Waals surface area contributed by atoms with Crippen LogP contribution < -0.4 is 19.9 Å². The number of hydrogen-bond donors (Lipinski definition) is 1. The molecule has 0 aromatic heterocycles. The first-order valence-corrected chi connectivity index (χ1v) is 9.42. The maximum atomic E-state index is 12.7. The maximum Gasteiger partial charge on any atom is 0.282 e. The summed E-state index contributed by atoms with van der Waals surface area (Å²) in [6.45, 7) is 4.53. The minimum Gasteiger partial charge on any atom is -0.490 e. The molecular formula is C20H18Cl2N2O4. The van der Waals surface area contributed by atoms with Crippen LogP contribution in [-0.4, -0.2) is 25.0 Å². The summed E-state index contributed by atoms with van der Waals surface area (Å²) in [5.74, 6) is -0.111. The molecule has 1 aliphatic heterocycles. The van der Waals surface area contributed by atoms with E-state index < -0.39 is 11.8 Å². The topological polar surface area (TPSA) is 67.9 Å². The van der Waals surface area contributed by atoms with Gasteiger partial charge in [0.2, 0.25) is 0 Å². The second-order valence-electron chi connectivity index (χ2n) is 5.81. The number of rotatable bonds is 6. The number of hydrazine groups is 1. The highest BCUT2D eigenvalue weighted by Crippen LogP contribution is 2.37. The van der Waals surface area contributed by atoms with Crippen molar-refractivity contribution in [2.45, 2.75) is 13.8 Å². The van der Waals surface area contributed by atoms with E-state index in [0.717, 1.165) is 0 Å². The molecule has 6 nitrogen and oxygen atoms in total. The van der Waals surface area contributed by atoms with Gasteiger partial charge in [0.05, 0.1) is 23.9 Å². The fourth-order valence-corrected chi connectivity index (χ4v) is 3.11. The highest BCUT2D eigenvalue weighted by atomic mass is 35.5. The van der Waals surface area contributed by atoms with Gasteiger partial charge in [-0.1, -0.05) is 23.2 Å². The molecule has 2 aromatic carbocycles. The Morgan fingerprint density at radius 3 is 2.36 bits per heavy atom. The van der Waals surface area contributed by atoms with Gasteiger partial charge in [-0.15, -0.1) is 0 Å². The number of nitrogens with one attached hydrogen (secondary N) is 1. The minimum atomic E-state index is -0.511. The Morgan fingerprint density at radius 1 is 1.04 bits per heavy atom. The molecule has 0 spiro atoms. The molecule has 2 aromatic rings. The van der Waals surface area contributed by atoms with Gasteiger partial charge in [-0.25, -0.2) is 5.01 Å². The van der Waals surface area contributed by atoms with Crippen LogP contribution in [0.1, 0.15) is 19.4 Å². The summed E-state index contributed by atoms with van der Waals surface area (Å²) in [6.07, 6.45) is 1.47. The average Bonchev–Trinajstić information content (AvgIpc) is 2.94. The molecule has 2 amide bonds. The van der Waals surface area contributed by atoms with Crippen LogP contribution in [0.4, 0.5) is 5.69 Å². The van der Waals surface area contributed by atoms with E-state index in [1.54, 1.807) is 36.4 Å². The largest absolute Gasteiger partial charge is 0.490 e. The van der Waals surface area contributed by atoms with Gasteiger partial charge >= 0.3 is 0 Å². The standard InChI is InChI=1S/C20H18Cl2N2O4/c1-3-27-17-11-12(10-16(22)18(17)28-4-2)9-15-19(25)23-24(20(15)26)14-7-5-13(21)6-8-14/h5-11H,3-4H2,1-2H3,(H,23,25)/b15-9+. The first kappa shape index (κ1) is 20.0. The van der Waals surface area contributed by atoms with Crippen LogP contribution in [0.5, 0.6) is 11.5 Å². The summed E-state index contributed by atoms with van der Waals surface area (Å²) >= 11 is 12.2. The molecule has 0 unspecified atom stereocenters. The fraction of sp³-hybridized carbons (Fsp3) is 0.200. The van der Waals surface area contributed by atoms with Gasteiger partial charge in [0.1, 0.15) is 5.57 Å². The molecule has 146 valence electrons. The second kappa shape index (κ2) is 8.54. The van der Waals surface area contributed by atoms with Crippen molar-refractivity contribution >= 4 is 46.8 Å². The van der Waals surface area contributed by atoms with Gasteiger partial charge in [0, 0.05) is 5.02 Å². The smallest absolute Gasteiger partial charge is 0.282 e. The van der Waals surface area contributed by atoms with Crippen LogP contribution in [0, 0.1) is 0 Å². The van der Waals surface area contributed by atoms with Crippen molar-refractivity contribution in [2.24, 2.45) is 0 Å². The van der Waals surface area contributed by atoms with E-state index in [2.05, 4.69) is 5.43 Å². The zero-order valence-corrected chi connectivity index (χ0v) is 16.8. The van der Waals surface area contributed by atoms with Crippen molar-refractivity contribution in [1.82, 2.24) is 5.43 Å². The van der Waals surface area contributed by atoms with Crippen molar-refractivity contribution in [1.29, 1.82) is 0 Å². The Morgan fingerprint density at radius 2 is 1.71 bits per heavy atom. The number of halogens is 2. The summed E-state index contributed by atoms with van der Waals surface area (Å²) in [4.78, 5) is 25.1. The van der Waals surface area contributed by atoms with Crippen molar-refractivity contribution in [3.05, 3.63) is 57.6 Å². The first-order chi connectivity index (χ1) is 13.4. The van der Waals surface area contributed by atoms with Gasteiger partial charge < -0.3 is 9.47 Å². The number of carbonyl (C=O) groups is 2. The molecule has 1 saturated heterocycles. The van der Waals surface area contributed by atoms with Crippen LogP contribution in [0.2, 0.25) is 10.0 Å². The number of ether oxygens (including phenoxy) is 2. The molecule has 1 N–H and O–H groups in total. The van der Waals surface area contributed by atoms with E-state index in [-0.39, 0.29) is 5.57 Å². The maximum absolute atomic E-state index is 12.7. The summed E-state index contributed by atoms with van der Waals surface area (Å²) in [5.41, 5.74) is 3.58. The summed E-state index contributed by atoms with van der Waals surface area (Å²) in [6, 6.07) is 9.86. The fourth-order valence-electron chi connectivity index (χ4n) is 2.71. The third kappa shape index (κ3) is 4.08. The van der Waals surface area contributed by atoms with Crippen molar-refractivity contribution in [3.63, 3.8) is 0 Å². The summed E-state index contributed by atoms with van der Waals surface area (Å²) in [5, 5.41) is 2.04. The van der Waals surface area contributed by atoms with Crippen molar-refractivity contribution in [3.8, 4) is 11.5 Å². The van der Waals surface area contributed by atoms with E-state index >= 15 is 0 Å². The van der Waals surface area contributed by atoms with E-state index in [0.29, 0.717) is 46.0 Å². The first-order valence-electron chi connectivity index (χ1n) is 8.66. The van der Waals surface area contributed by atoms with Gasteiger partial charge in [-0.2, -0.15) is 0 Å². The van der Waals surface area contributed by atoms with Crippen LogP contribution in [0.25, 0.3) is 6.08 Å². The van der Waals surface area contributed by atoms with Crippen LogP contribution in [0.3, 0.4) is 0 Å². The van der Waals surface area contributed by atoms with Crippen LogP contribution in [-0.2, 0) is 9.59 Å². The molecule has 0 bridgehead atoms. The number of anilines is 1. The molecule has 0 atom stereocenters. The van der Waals surface area contributed by atoms with E-state index in [9.17, 15) is 9.59 Å². The molecule has 8 heteroatoms. The zero-order chi connectivity index (χ0) is 20.3. The predicted octanol–water partition coefficient (Wildman–Crippen LogP) is 4.25. The third-order valence-electron chi connectivity index (χ3n) is 3.91. The molecule has 1 fully saturated rings. The molecular weight excluding hydrogens is 403 g/mol. The normalized spacial score (nSPS) is 15.1. The minimum absolute atomic E-state index is 0.0161. The quantitative estimate of drug-likeness (QED) is 0.560. The second-order valence-corrected chi connectivity index (χ2v) is 6.66. The van der Waals surface area contributed by atoms with Gasteiger partial charge in [0.25, 0.3) is 11.8 Å². The lowest BCUT2D eigenvalue weighted by molar-refractivity contribution is -0.117. The highest BCUT2D eigenvalue weighted by molar-refractivity contribution is 6.33. The Balaban J connectivity index is 1.95. The Kier molecular flexibility index (Phi) is 6.11. The molecule has 28 heavy (non-hydrogen) atoms. The summed E-state index contributed by atoms with van der Waals surface area (Å²) in [7, 11) is 0. The molecule has 3 rings (SSSR count). The number of benzene rings is 2. The SMILES string of the molecule is CCOc1cc(/C=C2\C(=O)NN(c3ccc(Cl)cc3)C2=O)cc(Cl)c1OCC. The lowest BCUT2D eigenvalue weighted by atomic mass is 10.1. The van der Waals surface area contributed by atoms with E-state index in [4.69, 9.17) is 32.7 Å². The van der Waals surface area contributed by atoms with Crippen LogP contribution >= 0.6 is 23.2 Å². The number of carbonyl (C=O) groups excluding carboxylic acids is 2. The molecule has 1 aliphatic rings. The lowest BCUT2D eigenvalue weighted by Crippen LogP contribution is -2.35. The van der Waals surface area contributed by atoms with Crippen molar-refractivity contribution in [2.75, 3.05) is 18.2 Å². The predicted molar refractivity (Wildman–Crippen MR) is 109 cm³/mol.